The molecule has 0 saturated carbocycles. The fourth-order valence-electron chi connectivity index (χ4n) is 3.51. The minimum Gasteiger partial charge on any atom is -0.395 e. The first-order valence-corrected chi connectivity index (χ1v) is 10.0. The number of anilines is 1. The van der Waals surface area contributed by atoms with Gasteiger partial charge in [-0.15, -0.1) is 11.3 Å². The summed E-state index contributed by atoms with van der Waals surface area (Å²) in [5.41, 5.74) is 2.94. The maximum atomic E-state index is 12.6. The van der Waals surface area contributed by atoms with E-state index in [9.17, 15) is 4.79 Å². The first-order valence-electron chi connectivity index (χ1n) is 9.15. The quantitative estimate of drug-likeness (QED) is 0.709. The van der Waals surface area contributed by atoms with Crippen molar-refractivity contribution in [2.75, 3.05) is 31.6 Å². The van der Waals surface area contributed by atoms with Crippen molar-refractivity contribution in [1.29, 1.82) is 0 Å². The summed E-state index contributed by atoms with van der Waals surface area (Å²) in [7, 11) is 0. The molecule has 0 bridgehead atoms. The van der Waals surface area contributed by atoms with Gasteiger partial charge in [-0.2, -0.15) is 0 Å². The van der Waals surface area contributed by atoms with Gasteiger partial charge in [0, 0.05) is 30.2 Å². The number of aliphatic hydroxyl groups is 1. The number of hydrogen-bond acceptors (Lipinski definition) is 6. The van der Waals surface area contributed by atoms with E-state index < -0.39 is 0 Å². The number of pyridine rings is 1. The van der Waals surface area contributed by atoms with Crippen LogP contribution in [0.5, 0.6) is 0 Å². The monoisotopic (exact) mass is 382 g/mol. The Kier molecular flexibility index (Phi) is 5.42. The van der Waals surface area contributed by atoms with Crippen molar-refractivity contribution < 1.29 is 9.90 Å². The number of piperidine rings is 1. The molecule has 1 aliphatic rings. The Balaban J connectivity index is 1.46. The molecular weight excluding hydrogens is 360 g/mol. The zero-order chi connectivity index (χ0) is 18.6. The predicted molar refractivity (Wildman–Crippen MR) is 108 cm³/mol. The molecule has 6 nitrogen and oxygen atoms in total. The number of nitrogens with zero attached hydrogens (tertiary/aromatic N) is 3. The van der Waals surface area contributed by atoms with Crippen molar-refractivity contribution >= 4 is 33.8 Å². The number of β-amino-alcohol motifs (C(OH)–C–C–N with tert-alkyl or cyclic N) is 1. The maximum Gasteiger partial charge on any atom is 0.228 e. The Bertz CT molecular complexity index is 921. The number of fused-ring (bicyclic) bond motifs is 1. The van der Waals surface area contributed by atoms with Gasteiger partial charge in [-0.1, -0.05) is 12.1 Å². The summed E-state index contributed by atoms with van der Waals surface area (Å²) in [5.74, 6) is 0.622. The lowest BCUT2D eigenvalue weighted by molar-refractivity contribution is -0.121. The third-order valence-corrected chi connectivity index (χ3v) is 5.89. The Morgan fingerprint density at radius 2 is 2.07 bits per heavy atom. The SMILES string of the molecule is O=C(Nc1cc2cc(-c3cncs3)ccc2cn1)C1CCN(CCO)CC1. The highest BCUT2D eigenvalue weighted by Crippen LogP contribution is 2.28. The number of carbonyl (C=O) groups is 1. The van der Waals surface area contributed by atoms with Crippen LogP contribution in [-0.2, 0) is 4.79 Å². The number of aromatic nitrogens is 2. The molecule has 3 aromatic rings. The topological polar surface area (TPSA) is 78.4 Å². The van der Waals surface area contributed by atoms with Crippen molar-refractivity contribution in [3.8, 4) is 10.4 Å². The maximum absolute atomic E-state index is 12.6. The van der Waals surface area contributed by atoms with Crippen LogP contribution in [0, 0.1) is 5.92 Å². The molecule has 1 aromatic carbocycles. The van der Waals surface area contributed by atoms with E-state index >= 15 is 0 Å². The molecule has 140 valence electrons. The van der Waals surface area contributed by atoms with E-state index in [-0.39, 0.29) is 18.4 Å². The molecule has 2 aromatic heterocycles. The smallest absolute Gasteiger partial charge is 0.228 e. The van der Waals surface area contributed by atoms with E-state index in [0.717, 1.165) is 47.1 Å². The lowest BCUT2D eigenvalue weighted by Gasteiger charge is -2.30. The minimum atomic E-state index is 0.000896. The molecule has 2 N–H and O–H groups in total. The van der Waals surface area contributed by atoms with Gasteiger partial charge in [0.2, 0.25) is 5.91 Å². The van der Waals surface area contributed by atoms with Crippen LogP contribution in [-0.4, -0.2) is 52.1 Å². The molecule has 0 aliphatic carbocycles. The normalized spacial score (nSPS) is 15.9. The summed E-state index contributed by atoms with van der Waals surface area (Å²) < 4.78 is 0. The molecule has 1 aliphatic heterocycles. The van der Waals surface area contributed by atoms with Gasteiger partial charge in [0.05, 0.1) is 17.0 Å². The molecule has 3 heterocycles. The number of nitrogens with one attached hydrogen (secondary N) is 1. The van der Waals surface area contributed by atoms with Crippen LogP contribution in [0.3, 0.4) is 0 Å². The summed E-state index contributed by atoms with van der Waals surface area (Å²) in [6.07, 6.45) is 5.29. The fourth-order valence-corrected chi connectivity index (χ4v) is 4.13. The molecule has 0 radical (unpaired) electrons. The van der Waals surface area contributed by atoms with Gasteiger partial charge < -0.3 is 15.3 Å². The lowest BCUT2D eigenvalue weighted by atomic mass is 9.96. The van der Waals surface area contributed by atoms with Gasteiger partial charge in [0.1, 0.15) is 5.82 Å². The van der Waals surface area contributed by atoms with Gasteiger partial charge in [-0.25, -0.2) is 4.98 Å². The van der Waals surface area contributed by atoms with E-state index in [2.05, 4.69) is 32.3 Å². The van der Waals surface area contributed by atoms with E-state index in [1.54, 1.807) is 17.5 Å². The second-order valence-corrected chi connectivity index (χ2v) is 7.71. The number of aliphatic hydroxyl groups excluding tert-OH is 1. The van der Waals surface area contributed by atoms with Gasteiger partial charge in [-0.3, -0.25) is 9.78 Å². The summed E-state index contributed by atoms with van der Waals surface area (Å²) in [6, 6.07) is 8.14. The van der Waals surface area contributed by atoms with Crippen LogP contribution in [0.1, 0.15) is 12.8 Å². The first kappa shape index (κ1) is 18.0. The highest BCUT2D eigenvalue weighted by Gasteiger charge is 2.24. The van der Waals surface area contributed by atoms with Gasteiger partial charge in [0.25, 0.3) is 0 Å². The van der Waals surface area contributed by atoms with Crippen molar-refractivity contribution in [3.63, 3.8) is 0 Å². The number of thiazole rings is 1. The zero-order valence-corrected chi connectivity index (χ0v) is 15.8. The number of benzene rings is 1. The van der Waals surface area contributed by atoms with Crippen molar-refractivity contribution in [1.82, 2.24) is 14.9 Å². The van der Waals surface area contributed by atoms with Crippen LogP contribution in [0.15, 0.2) is 42.2 Å². The molecule has 0 atom stereocenters. The molecule has 1 saturated heterocycles. The van der Waals surface area contributed by atoms with E-state index in [4.69, 9.17) is 5.11 Å². The molecule has 0 spiro atoms. The fraction of sp³-hybridized carbons (Fsp3) is 0.350. The van der Waals surface area contributed by atoms with Gasteiger partial charge >= 0.3 is 0 Å². The summed E-state index contributed by atoms with van der Waals surface area (Å²) >= 11 is 1.61. The predicted octanol–water partition coefficient (Wildman–Crippen LogP) is 3.00. The minimum absolute atomic E-state index is 0.000896. The first-order chi connectivity index (χ1) is 13.2. The average molecular weight is 382 g/mol. The number of carbonyl (C=O) groups excluding carboxylic acids is 1. The lowest BCUT2D eigenvalue weighted by Crippen LogP contribution is -2.39. The number of rotatable bonds is 5. The average Bonchev–Trinajstić information content (AvgIpc) is 3.23. The van der Waals surface area contributed by atoms with Crippen LogP contribution in [0.2, 0.25) is 0 Å². The number of amides is 1. The third kappa shape index (κ3) is 4.16. The largest absolute Gasteiger partial charge is 0.395 e. The standard InChI is InChI=1S/C20H22N4O2S/c25-8-7-24-5-3-14(4-6-24)20(26)23-19-10-17-9-15(18-12-21-13-27-18)1-2-16(17)11-22-19/h1-2,9-14,25H,3-8H2,(H,22,23,26). The third-order valence-electron chi connectivity index (χ3n) is 5.06. The molecular formula is C20H22N4O2S. The van der Waals surface area contributed by atoms with Crippen molar-refractivity contribution in [2.24, 2.45) is 5.92 Å². The van der Waals surface area contributed by atoms with Crippen LogP contribution >= 0.6 is 11.3 Å². The molecule has 1 amide bonds. The summed E-state index contributed by atoms with van der Waals surface area (Å²) in [4.78, 5) is 24.4. The summed E-state index contributed by atoms with van der Waals surface area (Å²) in [6.45, 7) is 2.55. The number of hydrogen-bond donors (Lipinski definition) is 2. The number of likely N-dealkylation sites (tertiary alicyclic amines) is 1. The van der Waals surface area contributed by atoms with E-state index in [1.807, 2.05) is 23.8 Å². The Hall–Kier alpha value is -2.35. The highest BCUT2D eigenvalue weighted by molar-refractivity contribution is 7.13. The zero-order valence-electron chi connectivity index (χ0n) is 15.0. The van der Waals surface area contributed by atoms with Crippen molar-refractivity contribution in [2.45, 2.75) is 12.8 Å². The van der Waals surface area contributed by atoms with E-state index in [1.165, 1.54) is 0 Å². The second kappa shape index (κ2) is 8.12. The molecule has 4 rings (SSSR count). The Morgan fingerprint density at radius 3 is 2.81 bits per heavy atom. The highest BCUT2D eigenvalue weighted by atomic mass is 32.1. The van der Waals surface area contributed by atoms with Gasteiger partial charge in [-0.05, 0) is 49.0 Å². The van der Waals surface area contributed by atoms with Crippen LogP contribution < -0.4 is 5.32 Å². The second-order valence-electron chi connectivity index (χ2n) is 6.83. The molecule has 27 heavy (non-hydrogen) atoms. The van der Waals surface area contributed by atoms with Crippen LogP contribution in [0.4, 0.5) is 5.82 Å². The molecule has 0 unspecified atom stereocenters. The van der Waals surface area contributed by atoms with Gasteiger partial charge in [0.15, 0.2) is 0 Å². The van der Waals surface area contributed by atoms with Crippen molar-refractivity contribution in [3.05, 3.63) is 42.2 Å². The summed E-state index contributed by atoms with van der Waals surface area (Å²) in [5, 5.41) is 14.1. The molecule has 7 heteroatoms. The Morgan fingerprint density at radius 1 is 1.22 bits per heavy atom. The Labute approximate surface area is 161 Å². The van der Waals surface area contributed by atoms with E-state index in [0.29, 0.717) is 12.4 Å². The van der Waals surface area contributed by atoms with Crippen LogP contribution in [0.25, 0.3) is 21.2 Å². The molecule has 1 fully saturated rings.